The number of carbonyl (C=O) groups excluding carboxylic acids is 2. The number of likely N-dealkylation sites (tertiary alicyclic amines) is 1. The average Bonchev–Trinajstić information content (AvgIpc) is 2.75. The minimum atomic E-state index is 0.0432. The van der Waals surface area contributed by atoms with Gasteiger partial charge >= 0.3 is 0 Å². The van der Waals surface area contributed by atoms with Gasteiger partial charge in [0.25, 0.3) is 0 Å². The Morgan fingerprint density at radius 2 is 1.45 bits per heavy atom. The van der Waals surface area contributed by atoms with Crippen LogP contribution < -0.4 is 0 Å². The number of hydrogen-bond donors (Lipinski definition) is 0. The van der Waals surface area contributed by atoms with E-state index in [1.54, 1.807) is 0 Å². The molecule has 29 heavy (non-hydrogen) atoms. The van der Waals surface area contributed by atoms with Crippen molar-refractivity contribution in [3.8, 4) is 0 Å². The fraction of sp³-hybridized carbons (Fsp3) is 0.739. The molecule has 2 fully saturated rings. The molecule has 2 rings (SSSR count). The highest BCUT2D eigenvalue weighted by Crippen LogP contribution is 2.20. The standard InChI is InChI=1S/C23H40N4O2/c1-6-22(28)25-12-9-21(10-13-25)27(18-19(3)4)11-8-20(5)24-14-16-26(17-15-24)23(29)7-2/h6-7,19-21H,1-2,8-18H2,3-5H3. The zero-order valence-electron chi connectivity index (χ0n) is 18.7. The molecule has 0 aromatic carbocycles. The zero-order valence-corrected chi connectivity index (χ0v) is 18.7. The van der Waals surface area contributed by atoms with Gasteiger partial charge in [0.05, 0.1) is 0 Å². The molecular weight excluding hydrogens is 364 g/mol. The van der Waals surface area contributed by atoms with E-state index in [9.17, 15) is 9.59 Å². The number of hydrogen-bond acceptors (Lipinski definition) is 4. The van der Waals surface area contributed by atoms with Crippen molar-refractivity contribution in [3.63, 3.8) is 0 Å². The fourth-order valence-corrected chi connectivity index (χ4v) is 4.52. The Balaban J connectivity index is 1.83. The van der Waals surface area contributed by atoms with Crippen LogP contribution in [0, 0.1) is 5.92 Å². The second kappa shape index (κ2) is 11.5. The van der Waals surface area contributed by atoms with Crippen LogP contribution in [0.15, 0.2) is 25.3 Å². The van der Waals surface area contributed by atoms with Crippen molar-refractivity contribution < 1.29 is 9.59 Å². The van der Waals surface area contributed by atoms with Gasteiger partial charge in [-0.15, -0.1) is 0 Å². The Kier molecular flexibility index (Phi) is 9.37. The highest BCUT2D eigenvalue weighted by molar-refractivity contribution is 5.87. The van der Waals surface area contributed by atoms with E-state index in [1.807, 2.05) is 9.80 Å². The third kappa shape index (κ3) is 6.96. The van der Waals surface area contributed by atoms with Crippen LogP contribution in [0.1, 0.15) is 40.0 Å². The first kappa shape index (κ1) is 23.6. The van der Waals surface area contributed by atoms with E-state index in [0.29, 0.717) is 18.0 Å². The van der Waals surface area contributed by atoms with Crippen LogP contribution >= 0.6 is 0 Å². The molecule has 0 aromatic heterocycles. The van der Waals surface area contributed by atoms with Gasteiger partial charge in [-0.1, -0.05) is 27.0 Å². The lowest BCUT2D eigenvalue weighted by Crippen LogP contribution is -2.52. The van der Waals surface area contributed by atoms with Crippen LogP contribution in [0.25, 0.3) is 0 Å². The van der Waals surface area contributed by atoms with Crippen molar-refractivity contribution in [2.24, 2.45) is 5.92 Å². The number of piperidine rings is 1. The second-order valence-electron chi connectivity index (χ2n) is 8.85. The Labute approximate surface area is 177 Å². The number of carbonyl (C=O) groups is 2. The summed E-state index contributed by atoms with van der Waals surface area (Å²) < 4.78 is 0. The van der Waals surface area contributed by atoms with Gasteiger partial charge in [-0.05, 0) is 50.8 Å². The van der Waals surface area contributed by atoms with Gasteiger partial charge in [-0.3, -0.25) is 19.4 Å². The summed E-state index contributed by atoms with van der Waals surface area (Å²) in [5, 5.41) is 0. The van der Waals surface area contributed by atoms with Crippen LogP contribution in [-0.4, -0.2) is 95.9 Å². The summed E-state index contributed by atoms with van der Waals surface area (Å²) in [4.78, 5) is 32.6. The number of rotatable bonds is 9. The fourth-order valence-electron chi connectivity index (χ4n) is 4.52. The quantitative estimate of drug-likeness (QED) is 0.553. The molecule has 6 heteroatoms. The van der Waals surface area contributed by atoms with E-state index in [2.05, 4.69) is 43.7 Å². The third-order valence-electron chi connectivity index (χ3n) is 6.32. The molecule has 0 radical (unpaired) electrons. The first-order chi connectivity index (χ1) is 13.8. The van der Waals surface area contributed by atoms with Gasteiger partial charge in [0.1, 0.15) is 0 Å². The maximum absolute atomic E-state index is 11.9. The van der Waals surface area contributed by atoms with E-state index < -0.39 is 0 Å². The van der Waals surface area contributed by atoms with Crippen molar-refractivity contribution in [1.29, 1.82) is 0 Å². The molecule has 164 valence electrons. The van der Waals surface area contributed by atoms with Crippen LogP contribution in [-0.2, 0) is 9.59 Å². The summed E-state index contributed by atoms with van der Waals surface area (Å²) >= 11 is 0. The van der Waals surface area contributed by atoms with Crippen molar-refractivity contribution in [3.05, 3.63) is 25.3 Å². The summed E-state index contributed by atoms with van der Waals surface area (Å²) in [6, 6.07) is 1.06. The number of piperazine rings is 1. The molecule has 2 aliphatic rings. The van der Waals surface area contributed by atoms with E-state index in [1.165, 1.54) is 12.2 Å². The van der Waals surface area contributed by atoms with Gasteiger partial charge in [0.2, 0.25) is 11.8 Å². The molecule has 1 atom stereocenters. The van der Waals surface area contributed by atoms with E-state index >= 15 is 0 Å². The minimum absolute atomic E-state index is 0.0432. The lowest BCUT2D eigenvalue weighted by atomic mass is 10.0. The molecule has 0 saturated carbocycles. The minimum Gasteiger partial charge on any atom is -0.339 e. The molecule has 1 unspecified atom stereocenters. The summed E-state index contributed by atoms with van der Waals surface area (Å²) in [6.07, 6.45) is 6.06. The molecule has 0 spiro atoms. The molecular formula is C23H40N4O2. The normalized spacial score (nSPS) is 20.2. The van der Waals surface area contributed by atoms with Gasteiger partial charge in [0.15, 0.2) is 0 Å². The van der Waals surface area contributed by atoms with E-state index in [-0.39, 0.29) is 11.8 Å². The summed E-state index contributed by atoms with van der Waals surface area (Å²) in [7, 11) is 0. The van der Waals surface area contributed by atoms with Gasteiger partial charge < -0.3 is 9.80 Å². The van der Waals surface area contributed by atoms with Crippen LogP contribution in [0.4, 0.5) is 0 Å². The lowest BCUT2D eigenvalue weighted by molar-refractivity contribution is -0.128. The monoisotopic (exact) mass is 404 g/mol. The first-order valence-electron chi connectivity index (χ1n) is 11.2. The van der Waals surface area contributed by atoms with E-state index in [0.717, 1.165) is 71.6 Å². The summed E-state index contributed by atoms with van der Waals surface area (Å²) in [5.74, 6) is 0.731. The first-order valence-corrected chi connectivity index (χ1v) is 11.2. The van der Waals surface area contributed by atoms with Crippen molar-refractivity contribution in [2.45, 2.75) is 52.1 Å². The van der Waals surface area contributed by atoms with Crippen LogP contribution in [0.2, 0.25) is 0 Å². The maximum atomic E-state index is 11.9. The molecule has 2 saturated heterocycles. The molecule has 0 aliphatic carbocycles. The number of nitrogens with zero attached hydrogens (tertiary/aromatic N) is 4. The maximum Gasteiger partial charge on any atom is 0.246 e. The molecule has 2 amide bonds. The van der Waals surface area contributed by atoms with Gasteiger partial charge in [-0.2, -0.15) is 0 Å². The predicted molar refractivity (Wildman–Crippen MR) is 119 cm³/mol. The Hall–Kier alpha value is -1.66. The topological polar surface area (TPSA) is 47.1 Å². The van der Waals surface area contributed by atoms with Crippen molar-refractivity contribution in [1.82, 2.24) is 19.6 Å². The molecule has 2 heterocycles. The number of amides is 2. The highest BCUT2D eigenvalue weighted by atomic mass is 16.2. The Bertz CT molecular complexity index is 561. The third-order valence-corrected chi connectivity index (χ3v) is 6.32. The highest BCUT2D eigenvalue weighted by Gasteiger charge is 2.28. The smallest absolute Gasteiger partial charge is 0.246 e. The van der Waals surface area contributed by atoms with Gasteiger partial charge in [0, 0.05) is 57.9 Å². The largest absolute Gasteiger partial charge is 0.339 e. The second-order valence-corrected chi connectivity index (χ2v) is 8.85. The van der Waals surface area contributed by atoms with Crippen LogP contribution in [0.5, 0.6) is 0 Å². The molecule has 0 aromatic rings. The Morgan fingerprint density at radius 3 is 1.93 bits per heavy atom. The SMILES string of the molecule is C=CC(=O)N1CCC(N(CCC(C)N2CCN(C(=O)C=C)CC2)CC(C)C)CC1. The van der Waals surface area contributed by atoms with E-state index in [4.69, 9.17) is 0 Å². The van der Waals surface area contributed by atoms with Gasteiger partial charge in [-0.25, -0.2) is 0 Å². The molecule has 0 bridgehead atoms. The average molecular weight is 405 g/mol. The van der Waals surface area contributed by atoms with Crippen molar-refractivity contribution in [2.75, 3.05) is 52.4 Å². The van der Waals surface area contributed by atoms with Crippen molar-refractivity contribution >= 4 is 11.8 Å². The van der Waals surface area contributed by atoms with Crippen LogP contribution in [0.3, 0.4) is 0 Å². The lowest BCUT2D eigenvalue weighted by Gasteiger charge is -2.41. The molecule has 6 nitrogen and oxygen atoms in total. The molecule has 0 N–H and O–H groups in total. The zero-order chi connectivity index (χ0) is 21.4. The summed E-state index contributed by atoms with van der Waals surface area (Å²) in [6.45, 7) is 21.4. The predicted octanol–water partition coefficient (Wildman–Crippen LogP) is 2.23. The Morgan fingerprint density at radius 1 is 0.931 bits per heavy atom. The summed E-state index contributed by atoms with van der Waals surface area (Å²) in [5.41, 5.74) is 0. The molecule has 2 aliphatic heterocycles.